The lowest BCUT2D eigenvalue weighted by atomic mass is 9.95. The predicted molar refractivity (Wildman–Crippen MR) is 97.5 cm³/mol. The van der Waals surface area contributed by atoms with Gasteiger partial charge >= 0.3 is 0 Å². The van der Waals surface area contributed by atoms with Crippen LogP contribution in [0.1, 0.15) is 26.2 Å². The third-order valence-electron chi connectivity index (χ3n) is 3.28. The zero-order chi connectivity index (χ0) is 15.9. The highest BCUT2D eigenvalue weighted by atomic mass is 127. The first-order valence-corrected chi connectivity index (χ1v) is 8.85. The number of likely N-dealkylation sites (tertiary alicyclic amines) is 1. The van der Waals surface area contributed by atoms with Gasteiger partial charge in [0.05, 0.1) is 12.3 Å². The molecule has 0 aliphatic carbocycles. The van der Waals surface area contributed by atoms with Gasteiger partial charge in [0.25, 0.3) is 0 Å². The Balaban J connectivity index is 0.00000441. The number of nitrogens with one attached hydrogen (secondary N) is 1. The standard InChI is InChI=1S/C12H25N5O3S.HI/c1-2-15-12(16-5-7-21(14,19)20)17-6-3-4-10(9-17)8-11(13)18;/h10H,2-9H2,1H3,(H2,13,18)(H,15,16)(H2,14,19,20);1H. The smallest absolute Gasteiger partial charge is 0.217 e. The van der Waals surface area contributed by atoms with E-state index in [2.05, 4.69) is 10.3 Å². The molecule has 1 saturated heterocycles. The third-order valence-corrected chi connectivity index (χ3v) is 4.03. The summed E-state index contributed by atoms with van der Waals surface area (Å²) >= 11 is 0. The Bertz CT molecular complexity index is 483. The minimum Gasteiger partial charge on any atom is -0.370 e. The number of halogens is 1. The summed E-state index contributed by atoms with van der Waals surface area (Å²) in [6, 6.07) is 0. The van der Waals surface area contributed by atoms with E-state index in [4.69, 9.17) is 10.9 Å². The maximum Gasteiger partial charge on any atom is 0.217 e. The summed E-state index contributed by atoms with van der Waals surface area (Å²) in [5, 5.41) is 8.11. The van der Waals surface area contributed by atoms with E-state index in [0.717, 1.165) is 19.4 Å². The Kier molecular flexibility index (Phi) is 9.92. The zero-order valence-electron chi connectivity index (χ0n) is 12.8. The second-order valence-electron chi connectivity index (χ2n) is 5.23. The molecule has 1 aliphatic rings. The first-order chi connectivity index (χ1) is 9.81. The van der Waals surface area contributed by atoms with E-state index in [1.807, 2.05) is 11.8 Å². The SMILES string of the molecule is CCNC(=NCCS(N)(=O)=O)N1CCCC(CC(N)=O)C1.I. The van der Waals surface area contributed by atoms with Crippen molar-refractivity contribution in [1.29, 1.82) is 0 Å². The highest BCUT2D eigenvalue weighted by Crippen LogP contribution is 2.19. The van der Waals surface area contributed by atoms with Gasteiger partial charge in [0, 0.05) is 26.1 Å². The Hall–Kier alpha value is -0.620. The van der Waals surface area contributed by atoms with Crippen molar-refractivity contribution in [1.82, 2.24) is 10.2 Å². The van der Waals surface area contributed by atoms with Gasteiger partial charge in [0.1, 0.15) is 0 Å². The molecule has 0 aromatic carbocycles. The lowest BCUT2D eigenvalue weighted by molar-refractivity contribution is -0.119. The molecule has 10 heteroatoms. The summed E-state index contributed by atoms with van der Waals surface area (Å²) in [6.07, 6.45) is 2.29. The van der Waals surface area contributed by atoms with E-state index >= 15 is 0 Å². The molecule has 8 nitrogen and oxygen atoms in total. The number of hydrogen-bond acceptors (Lipinski definition) is 4. The fourth-order valence-corrected chi connectivity index (χ4v) is 2.76. The van der Waals surface area contributed by atoms with Crippen molar-refractivity contribution in [2.75, 3.05) is 31.9 Å². The Morgan fingerprint density at radius 3 is 2.68 bits per heavy atom. The molecule has 1 amide bonds. The van der Waals surface area contributed by atoms with Gasteiger partial charge in [-0.05, 0) is 25.7 Å². The number of carbonyl (C=O) groups is 1. The van der Waals surface area contributed by atoms with E-state index in [1.165, 1.54) is 0 Å². The van der Waals surface area contributed by atoms with Crippen molar-refractivity contribution in [3.63, 3.8) is 0 Å². The van der Waals surface area contributed by atoms with Gasteiger partial charge in [0.15, 0.2) is 5.96 Å². The molecule has 0 spiro atoms. The Morgan fingerprint density at radius 1 is 1.45 bits per heavy atom. The van der Waals surface area contributed by atoms with Crippen LogP contribution in [0.15, 0.2) is 4.99 Å². The minimum absolute atomic E-state index is 0. The van der Waals surface area contributed by atoms with Gasteiger partial charge in [-0.15, -0.1) is 24.0 Å². The highest BCUT2D eigenvalue weighted by Gasteiger charge is 2.23. The van der Waals surface area contributed by atoms with Crippen LogP contribution < -0.4 is 16.2 Å². The van der Waals surface area contributed by atoms with E-state index in [-0.39, 0.29) is 48.1 Å². The molecular weight excluding hydrogens is 421 g/mol. The molecule has 1 atom stereocenters. The van der Waals surface area contributed by atoms with Crippen LogP contribution in [0.25, 0.3) is 0 Å². The van der Waals surface area contributed by atoms with Gasteiger partial charge in [-0.1, -0.05) is 0 Å². The number of aliphatic imine (C=N–C) groups is 1. The van der Waals surface area contributed by atoms with E-state index in [9.17, 15) is 13.2 Å². The van der Waals surface area contributed by atoms with Crippen LogP contribution >= 0.6 is 24.0 Å². The van der Waals surface area contributed by atoms with Crippen LogP contribution in [0.5, 0.6) is 0 Å². The summed E-state index contributed by atoms with van der Waals surface area (Å²) in [6.45, 7) is 4.28. The minimum atomic E-state index is -3.51. The van der Waals surface area contributed by atoms with Gasteiger partial charge in [-0.25, -0.2) is 13.6 Å². The number of primary sulfonamides is 1. The molecule has 1 unspecified atom stereocenters. The molecule has 0 aromatic heterocycles. The van der Waals surface area contributed by atoms with Gasteiger partial charge in [-0.3, -0.25) is 9.79 Å². The van der Waals surface area contributed by atoms with Crippen LogP contribution in [-0.4, -0.2) is 57.1 Å². The average molecular weight is 447 g/mol. The van der Waals surface area contributed by atoms with E-state index in [1.54, 1.807) is 0 Å². The summed E-state index contributed by atoms with van der Waals surface area (Å²) in [4.78, 5) is 17.4. The molecule has 130 valence electrons. The first-order valence-electron chi connectivity index (χ1n) is 7.14. The monoisotopic (exact) mass is 447 g/mol. The molecule has 0 bridgehead atoms. The van der Waals surface area contributed by atoms with E-state index < -0.39 is 10.0 Å². The predicted octanol–water partition coefficient (Wildman–Crippen LogP) is -0.554. The second-order valence-corrected chi connectivity index (χ2v) is 6.96. The highest BCUT2D eigenvalue weighted by molar-refractivity contribution is 14.0. The average Bonchev–Trinajstić information content (AvgIpc) is 2.36. The number of sulfonamides is 1. The molecule has 1 aliphatic heterocycles. The van der Waals surface area contributed by atoms with Crippen LogP contribution in [0.4, 0.5) is 0 Å². The molecule has 5 N–H and O–H groups in total. The summed E-state index contributed by atoms with van der Waals surface area (Å²) in [5.41, 5.74) is 5.25. The number of rotatable bonds is 6. The molecule has 1 fully saturated rings. The Morgan fingerprint density at radius 2 is 2.14 bits per heavy atom. The topological polar surface area (TPSA) is 131 Å². The molecule has 1 rings (SSSR count). The molecule has 0 aromatic rings. The summed E-state index contributed by atoms with van der Waals surface area (Å²) in [7, 11) is -3.51. The van der Waals surface area contributed by atoms with Crippen molar-refractivity contribution < 1.29 is 13.2 Å². The third kappa shape index (κ3) is 8.73. The van der Waals surface area contributed by atoms with Crippen molar-refractivity contribution in [3.05, 3.63) is 0 Å². The fraction of sp³-hybridized carbons (Fsp3) is 0.833. The van der Waals surface area contributed by atoms with Gasteiger partial charge in [0.2, 0.25) is 15.9 Å². The number of primary amides is 1. The van der Waals surface area contributed by atoms with Crippen LogP contribution in [0.2, 0.25) is 0 Å². The molecular formula is C12H26IN5O3S. The quantitative estimate of drug-likeness (QED) is 0.286. The normalized spacial score (nSPS) is 19.5. The van der Waals surface area contributed by atoms with Crippen molar-refractivity contribution in [2.24, 2.45) is 21.8 Å². The number of piperidine rings is 1. The zero-order valence-corrected chi connectivity index (χ0v) is 16.0. The van der Waals surface area contributed by atoms with Gasteiger partial charge < -0.3 is 16.0 Å². The summed E-state index contributed by atoms with van der Waals surface area (Å²) < 4.78 is 21.9. The lowest BCUT2D eigenvalue weighted by Crippen LogP contribution is -2.47. The molecule has 1 heterocycles. The number of guanidine groups is 1. The number of nitrogens with zero attached hydrogens (tertiary/aromatic N) is 2. The maximum absolute atomic E-state index is 11.0. The second kappa shape index (κ2) is 10.2. The summed E-state index contributed by atoms with van der Waals surface area (Å²) in [5.74, 6) is 0.409. The lowest BCUT2D eigenvalue weighted by Gasteiger charge is -2.34. The Labute approximate surface area is 149 Å². The largest absolute Gasteiger partial charge is 0.370 e. The van der Waals surface area contributed by atoms with Crippen LogP contribution in [0.3, 0.4) is 0 Å². The van der Waals surface area contributed by atoms with Crippen molar-refractivity contribution >= 4 is 45.9 Å². The molecule has 0 saturated carbocycles. The molecule has 22 heavy (non-hydrogen) atoms. The van der Waals surface area contributed by atoms with Crippen molar-refractivity contribution in [2.45, 2.75) is 26.2 Å². The number of nitrogens with two attached hydrogens (primary N) is 2. The maximum atomic E-state index is 11.0. The van der Waals surface area contributed by atoms with Crippen molar-refractivity contribution in [3.8, 4) is 0 Å². The van der Waals surface area contributed by atoms with Gasteiger partial charge in [-0.2, -0.15) is 0 Å². The molecule has 0 radical (unpaired) electrons. The fourth-order valence-electron chi connectivity index (χ4n) is 2.41. The first kappa shape index (κ1) is 21.4. The number of hydrogen-bond donors (Lipinski definition) is 3. The number of carbonyl (C=O) groups excluding carboxylic acids is 1. The van der Waals surface area contributed by atoms with Crippen LogP contribution in [0, 0.1) is 5.92 Å². The van der Waals surface area contributed by atoms with Crippen LogP contribution in [-0.2, 0) is 14.8 Å². The van der Waals surface area contributed by atoms with E-state index in [0.29, 0.717) is 25.5 Å². The number of amides is 1.